The van der Waals surface area contributed by atoms with Gasteiger partial charge in [-0.05, 0) is 18.9 Å². The molecule has 0 spiro atoms. The minimum atomic E-state index is 0.460. The van der Waals surface area contributed by atoms with Crippen molar-refractivity contribution >= 4 is 5.82 Å². The van der Waals surface area contributed by atoms with Gasteiger partial charge >= 0.3 is 0 Å². The average molecular weight is 229 g/mol. The van der Waals surface area contributed by atoms with Crippen LogP contribution in [0.25, 0.3) is 0 Å². The summed E-state index contributed by atoms with van der Waals surface area (Å²) in [6.07, 6.45) is 3.13. The van der Waals surface area contributed by atoms with Crippen LogP contribution in [-0.4, -0.2) is 9.78 Å². The van der Waals surface area contributed by atoms with Gasteiger partial charge < -0.3 is 5.32 Å². The first-order valence-corrected chi connectivity index (χ1v) is 6.12. The lowest BCUT2D eigenvalue weighted by Gasteiger charge is -2.08. The SMILES string of the molecule is CC[C@H](C)n1ccc(NCc2ccccc2)n1. The zero-order chi connectivity index (χ0) is 12.1. The Kier molecular flexibility index (Phi) is 3.81. The molecule has 1 aromatic carbocycles. The normalized spacial score (nSPS) is 12.4. The number of hydrogen-bond donors (Lipinski definition) is 1. The summed E-state index contributed by atoms with van der Waals surface area (Å²) >= 11 is 0. The van der Waals surface area contributed by atoms with Crippen molar-refractivity contribution in [1.29, 1.82) is 0 Å². The molecule has 3 nitrogen and oxygen atoms in total. The molecule has 0 bridgehead atoms. The summed E-state index contributed by atoms with van der Waals surface area (Å²) in [5.74, 6) is 0.939. The minimum absolute atomic E-state index is 0.460. The molecule has 17 heavy (non-hydrogen) atoms. The number of anilines is 1. The van der Waals surface area contributed by atoms with Crippen molar-refractivity contribution in [3.63, 3.8) is 0 Å². The highest BCUT2D eigenvalue weighted by atomic mass is 15.3. The van der Waals surface area contributed by atoms with Crippen LogP contribution < -0.4 is 5.32 Å². The summed E-state index contributed by atoms with van der Waals surface area (Å²) in [5.41, 5.74) is 1.27. The standard InChI is InChI=1S/C14H19N3/c1-3-12(2)17-10-9-14(16-17)15-11-13-7-5-4-6-8-13/h4-10,12H,3,11H2,1-2H3,(H,15,16)/t12-/m0/s1. The summed E-state index contributed by atoms with van der Waals surface area (Å²) < 4.78 is 2.01. The molecule has 0 saturated carbocycles. The topological polar surface area (TPSA) is 29.9 Å². The lowest BCUT2D eigenvalue weighted by atomic mass is 10.2. The lowest BCUT2D eigenvalue weighted by molar-refractivity contribution is 0.479. The van der Waals surface area contributed by atoms with Gasteiger partial charge in [0.15, 0.2) is 0 Å². The second kappa shape index (κ2) is 5.53. The summed E-state index contributed by atoms with van der Waals surface area (Å²) in [5, 5.41) is 7.83. The Morgan fingerprint density at radius 1 is 1.24 bits per heavy atom. The van der Waals surface area contributed by atoms with Crippen LogP contribution >= 0.6 is 0 Å². The summed E-state index contributed by atoms with van der Waals surface area (Å²) in [7, 11) is 0. The number of hydrogen-bond acceptors (Lipinski definition) is 2. The molecule has 90 valence electrons. The van der Waals surface area contributed by atoms with E-state index in [1.807, 2.05) is 23.0 Å². The number of nitrogens with one attached hydrogen (secondary N) is 1. The third-order valence-corrected chi connectivity index (χ3v) is 2.97. The van der Waals surface area contributed by atoms with Crippen LogP contribution in [-0.2, 0) is 6.54 Å². The Morgan fingerprint density at radius 3 is 2.71 bits per heavy atom. The van der Waals surface area contributed by atoms with Crippen molar-refractivity contribution in [2.75, 3.05) is 5.32 Å². The zero-order valence-electron chi connectivity index (χ0n) is 10.4. The van der Waals surface area contributed by atoms with Crippen LogP contribution in [0.15, 0.2) is 42.6 Å². The van der Waals surface area contributed by atoms with Crippen molar-refractivity contribution in [3.05, 3.63) is 48.2 Å². The van der Waals surface area contributed by atoms with Crippen LogP contribution in [0.4, 0.5) is 5.82 Å². The maximum atomic E-state index is 4.50. The Balaban J connectivity index is 1.94. The molecular weight excluding hydrogens is 210 g/mol. The maximum Gasteiger partial charge on any atom is 0.148 e. The van der Waals surface area contributed by atoms with E-state index in [0.717, 1.165) is 18.8 Å². The molecule has 0 radical (unpaired) electrons. The quantitative estimate of drug-likeness (QED) is 0.850. The number of aromatic nitrogens is 2. The minimum Gasteiger partial charge on any atom is -0.365 e. The van der Waals surface area contributed by atoms with E-state index in [2.05, 4.69) is 48.5 Å². The molecule has 0 aliphatic heterocycles. The first-order valence-electron chi connectivity index (χ1n) is 6.12. The highest BCUT2D eigenvalue weighted by Crippen LogP contribution is 2.12. The van der Waals surface area contributed by atoms with E-state index in [-0.39, 0.29) is 0 Å². The van der Waals surface area contributed by atoms with Crippen LogP contribution in [0.1, 0.15) is 31.9 Å². The first kappa shape index (κ1) is 11.7. The number of rotatable bonds is 5. The fourth-order valence-corrected chi connectivity index (χ4v) is 1.65. The Labute approximate surface area is 102 Å². The van der Waals surface area contributed by atoms with Crippen LogP contribution in [0, 0.1) is 0 Å². The van der Waals surface area contributed by atoms with Crippen molar-refractivity contribution in [3.8, 4) is 0 Å². The number of nitrogens with zero attached hydrogens (tertiary/aromatic N) is 2. The van der Waals surface area contributed by atoms with E-state index >= 15 is 0 Å². The summed E-state index contributed by atoms with van der Waals surface area (Å²) in [4.78, 5) is 0. The second-order valence-electron chi connectivity index (χ2n) is 4.28. The Hall–Kier alpha value is -1.77. The fraction of sp³-hybridized carbons (Fsp3) is 0.357. The number of benzene rings is 1. The first-order chi connectivity index (χ1) is 8.29. The molecule has 1 atom stereocenters. The largest absolute Gasteiger partial charge is 0.365 e. The molecule has 1 N–H and O–H groups in total. The van der Waals surface area contributed by atoms with Gasteiger partial charge in [-0.3, -0.25) is 4.68 Å². The van der Waals surface area contributed by atoms with Gasteiger partial charge in [0.2, 0.25) is 0 Å². The van der Waals surface area contributed by atoms with E-state index < -0.39 is 0 Å². The Bertz CT molecular complexity index is 448. The summed E-state index contributed by atoms with van der Waals surface area (Å²) in [6.45, 7) is 5.16. The van der Waals surface area contributed by atoms with Gasteiger partial charge in [-0.25, -0.2) is 0 Å². The van der Waals surface area contributed by atoms with E-state index in [0.29, 0.717) is 6.04 Å². The third-order valence-electron chi connectivity index (χ3n) is 2.97. The highest BCUT2D eigenvalue weighted by molar-refractivity contribution is 5.33. The molecule has 0 aliphatic carbocycles. The molecule has 3 heteroatoms. The molecular formula is C14H19N3. The smallest absolute Gasteiger partial charge is 0.148 e. The molecule has 0 saturated heterocycles. The molecule has 1 aromatic heterocycles. The zero-order valence-corrected chi connectivity index (χ0v) is 10.4. The molecule has 0 amide bonds. The lowest BCUT2D eigenvalue weighted by Crippen LogP contribution is -2.06. The van der Waals surface area contributed by atoms with E-state index in [1.54, 1.807) is 0 Å². The predicted octanol–water partition coefficient (Wildman–Crippen LogP) is 3.47. The monoisotopic (exact) mass is 229 g/mol. The predicted molar refractivity (Wildman–Crippen MR) is 71.0 cm³/mol. The third kappa shape index (κ3) is 3.09. The van der Waals surface area contributed by atoms with E-state index in [4.69, 9.17) is 0 Å². The highest BCUT2D eigenvalue weighted by Gasteiger charge is 2.03. The van der Waals surface area contributed by atoms with Crippen LogP contribution in [0.3, 0.4) is 0 Å². The van der Waals surface area contributed by atoms with Gasteiger partial charge in [-0.1, -0.05) is 37.3 Å². The van der Waals surface area contributed by atoms with Gasteiger partial charge in [0.25, 0.3) is 0 Å². The van der Waals surface area contributed by atoms with Crippen molar-refractivity contribution < 1.29 is 0 Å². The molecule has 0 aliphatic rings. The van der Waals surface area contributed by atoms with E-state index in [9.17, 15) is 0 Å². The average Bonchev–Trinajstić information content (AvgIpc) is 2.85. The van der Waals surface area contributed by atoms with Crippen molar-refractivity contribution in [2.24, 2.45) is 0 Å². The molecule has 1 heterocycles. The van der Waals surface area contributed by atoms with Gasteiger partial charge in [-0.15, -0.1) is 0 Å². The molecule has 0 fully saturated rings. The summed E-state index contributed by atoms with van der Waals surface area (Å²) in [6, 6.07) is 12.8. The van der Waals surface area contributed by atoms with Gasteiger partial charge in [0.1, 0.15) is 5.82 Å². The molecule has 2 rings (SSSR count). The molecule has 2 aromatic rings. The van der Waals surface area contributed by atoms with Crippen molar-refractivity contribution in [1.82, 2.24) is 9.78 Å². The Morgan fingerprint density at radius 2 is 2.00 bits per heavy atom. The fourth-order valence-electron chi connectivity index (χ4n) is 1.65. The van der Waals surface area contributed by atoms with Gasteiger partial charge in [0, 0.05) is 24.8 Å². The molecule has 0 unspecified atom stereocenters. The second-order valence-corrected chi connectivity index (χ2v) is 4.28. The van der Waals surface area contributed by atoms with E-state index in [1.165, 1.54) is 5.56 Å². The van der Waals surface area contributed by atoms with Gasteiger partial charge in [0.05, 0.1) is 0 Å². The van der Waals surface area contributed by atoms with Crippen LogP contribution in [0.5, 0.6) is 0 Å². The van der Waals surface area contributed by atoms with Gasteiger partial charge in [-0.2, -0.15) is 5.10 Å². The van der Waals surface area contributed by atoms with Crippen molar-refractivity contribution in [2.45, 2.75) is 32.9 Å². The van der Waals surface area contributed by atoms with Crippen LogP contribution in [0.2, 0.25) is 0 Å². The maximum absolute atomic E-state index is 4.50.